The Morgan fingerprint density at radius 3 is 2.44 bits per heavy atom. The van der Waals surface area contributed by atoms with Gasteiger partial charge in [0.1, 0.15) is 10.7 Å². The van der Waals surface area contributed by atoms with Gasteiger partial charge in [-0.15, -0.1) is 0 Å². The number of thiocarbonyl (C=S) groups is 1. The van der Waals surface area contributed by atoms with E-state index in [9.17, 15) is 4.79 Å². The Bertz CT molecular complexity index is 470. The van der Waals surface area contributed by atoms with E-state index in [4.69, 9.17) is 22.7 Å². The quantitative estimate of drug-likeness (QED) is 0.410. The smallest absolute Gasteiger partial charge is 0.274 e. The van der Waals surface area contributed by atoms with Crippen LogP contribution in [0.3, 0.4) is 0 Å². The highest BCUT2D eigenvalue weighted by atomic mass is 32.1. The van der Waals surface area contributed by atoms with E-state index in [0.29, 0.717) is 5.69 Å². The van der Waals surface area contributed by atoms with Crippen molar-refractivity contribution in [2.24, 2.45) is 10.8 Å². The van der Waals surface area contributed by atoms with Crippen LogP contribution in [0.15, 0.2) is 29.4 Å². The molecule has 0 aliphatic rings. The first-order valence-corrected chi connectivity index (χ1v) is 5.49. The van der Waals surface area contributed by atoms with Crippen molar-refractivity contribution in [3.8, 4) is 5.75 Å². The highest BCUT2D eigenvalue weighted by Crippen LogP contribution is 2.14. The summed E-state index contributed by atoms with van der Waals surface area (Å²) >= 11 is 4.74. The van der Waals surface area contributed by atoms with Crippen LogP contribution < -0.4 is 21.2 Å². The first-order chi connectivity index (χ1) is 8.58. The number of hydrazone groups is 1. The summed E-state index contributed by atoms with van der Waals surface area (Å²) < 4.78 is 5.02. The number of nitrogens with one attached hydrogen (secondary N) is 2. The molecule has 0 aliphatic heterocycles. The summed E-state index contributed by atoms with van der Waals surface area (Å²) in [6, 6.07) is 7.03. The molecule has 96 valence electrons. The SMILES string of the molecule is CNC(=O)/C(=N/Nc1ccc(OC)cc1)C(N)=S. The average molecular weight is 266 g/mol. The number of ether oxygens (including phenoxy) is 1. The Morgan fingerprint density at radius 1 is 1.39 bits per heavy atom. The van der Waals surface area contributed by atoms with Crippen LogP contribution in [-0.2, 0) is 4.79 Å². The molecule has 7 heteroatoms. The van der Waals surface area contributed by atoms with Gasteiger partial charge in [0.15, 0.2) is 5.71 Å². The van der Waals surface area contributed by atoms with Gasteiger partial charge in [0.05, 0.1) is 12.8 Å². The van der Waals surface area contributed by atoms with Crippen molar-refractivity contribution in [1.82, 2.24) is 5.32 Å². The summed E-state index contributed by atoms with van der Waals surface area (Å²) in [6.07, 6.45) is 0. The monoisotopic (exact) mass is 266 g/mol. The van der Waals surface area contributed by atoms with Crippen LogP contribution in [-0.4, -0.2) is 30.8 Å². The summed E-state index contributed by atoms with van der Waals surface area (Å²) in [5, 5.41) is 6.27. The highest BCUT2D eigenvalue weighted by Gasteiger charge is 2.12. The van der Waals surface area contributed by atoms with Gasteiger partial charge in [0.25, 0.3) is 5.91 Å². The maximum absolute atomic E-state index is 11.4. The van der Waals surface area contributed by atoms with Crippen molar-refractivity contribution in [2.45, 2.75) is 0 Å². The third-order valence-electron chi connectivity index (χ3n) is 2.06. The van der Waals surface area contributed by atoms with Crippen LogP contribution in [0.4, 0.5) is 5.69 Å². The van der Waals surface area contributed by atoms with Crippen molar-refractivity contribution in [3.05, 3.63) is 24.3 Å². The molecule has 1 rings (SSSR count). The van der Waals surface area contributed by atoms with Crippen LogP contribution in [0.5, 0.6) is 5.75 Å². The topological polar surface area (TPSA) is 88.7 Å². The molecule has 0 aromatic heterocycles. The zero-order valence-electron chi connectivity index (χ0n) is 10.1. The number of nitrogens with two attached hydrogens (primary N) is 1. The fourth-order valence-corrected chi connectivity index (χ4v) is 1.26. The summed E-state index contributed by atoms with van der Waals surface area (Å²) in [7, 11) is 3.06. The zero-order valence-corrected chi connectivity index (χ0v) is 10.9. The van der Waals surface area contributed by atoms with Crippen LogP contribution in [0.25, 0.3) is 0 Å². The van der Waals surface area contributed by atoms with E-state index in [1.165, 1.54) is 7.05 Å². The minimum Gasteiger partial charge on any atom is -0.497 e. The summed E-state index contributed by atoms with van der Waals surface area (Å²) in [4.78, 5) is 11.3. The molecule has 0 atom stereocenters. The summed E-state index contributed by atoms with van der Waals surface area (Å²) in [5.41, 5.74) is 8.76. The molecule has 0 bridgehead atoms. The molecule has 0 unspecified atom stereocenters. The summed E-state index contributed by atoms with van der Waals surface area (Å²) in [6.45, 7) is 0. The average Bonchev–Trinajstić information content (AvgIpc) is 2.39. The van der Waals surface area contributed by atoms with Crippen molar-refractivity contribution in [2.75, 3.05) is 19.6 Å². The number of carbonyl (C=O) groups is 1. The second kappa shape index (κ2) is 6.55. The van der Waals surface area contributed by atoms with Crippen molar-refractivity contribution >= 4 is 34.5 Å². The highest BCUT2D eigenvalue weighted by molar-refractivity contribution is 7.82. The lowest BCUT2D eigenvalue weighted by atomic mass is 10.3. The Balaban J connectivity index is 2.81. The lowest BCUT2D eigenvalue weighted by molar-refractivity contribution is -0.114. The maximum atomic E-state index is 11.4. The van der Waals surface area contributed by atoms with Crippen LogP contribution >= 0.6 is 12.2 Å². The molecule has 0 aliphatic carbocycles. The Hall–Kier alpha value is -2.15. The van der Waals surface area contributed by atoms with Gasteiger partial charge >= 0.3 is 0 Å². The van der Waals surface area contributed by atoms with Gasteiger partial charge in [-0.05, 0) is 24.3 Å². The molecule has 6 nitrogen and oxygen atoms in total. The number of anilines is 1. The first-order valence-electron chi connectivity index (χ1n) is 5.08. The number of hydrogen-bond acceptors (Lipinski definition) is 5. The van der Waals surface area contributed by atoms with E-state index in [1.807, 2.05) is 0 Å². The van der Waals surface area contributed by atoms with E-state index < -0.39 is 5.91 Å². The van der Waals surface area contributed by atoms with Gasteiger partial charge in [-0.1, -0.05) is 12.2 Å². The number of rotatable bonds is 5. The minimum atomic E-state index is -0.441. The van der Waals surface area contributed by atoms with E-state index in [0.717, 1.165) is 5.75 Å². The van der Waals surface area contributed by atoms with Gasteiger partial charge in [-0.25, -0.2) is 0 Å². The van der Waals surface area contributed by atoms with E-state index in [-0.39, 0.29) is 10.7 Å². The molecule has 4 N–H and O–H groups in total. The predicted molar refractivity (Wildman–Crippen MR) is 74.9 cm³/mol. The fraction of sp³-hybridized carbons (Fsp3) is 0.182. The van der Waals surface area contributed by atoms with Crippen LogP contribution in [0.1, 0.15) is 0 Å². The molecule has 0 saturated heterocycles. The number of amides is 1. The predicted octanol–water partition coefficient (Wildman–Crippen LogP) is 0.495. The number of carbonyl (C=O) groups excluding carboxylic acids is 1. The lowest BCUT2D eigenvalue weighted by Crippen LogP contribution is -2.37. The Labute approximate surface area is 110 Å². The molecule has 0 heterocycles. The molecule has 0 saturated carbocycles. The second-order valence-electron chi connectivity index (χ2n) is 3.24. The van der Waals surface area contributed by atoms with E-state index >= 15 is 0 Å². The van der Waals surface area contributed by atoms with Gasteiger partial charge in [0, 0.05) is 7.05 Å². The number of benzene rings is 1. The minimum absolute atomic E-state index is 0.0247. The Morgan fingerprint density at radius 2 is 2.00 bits per heavy atom. The zero-order chi connectivity index (χ0) is 13.5. The second-order valence-corrected chi connectivity index (χ2v) is 3.68. The fourth-order valence-electron chi connectivity index (χ4n) is 1.12. The van der Waals surface area contributed by atoms with Gasteiger partial charge in [0.2, 0.25) is 0 Å². The summed E-state index contributed by atoms with van der Waals surface area (Å²) in [5.74, 6) is 0.286. The number of hydrogen-bond donors (Lipinski definition) is 3. The third kappa shape index (κ3) is 3.70. The first kappa shape index (κ1) is 13.9. The lowest BCUT2D eigenvalue weighted by Gasteiger charge is -2.05. The van der Waals surface area contributed by atoms with Gasteiger partial charge in [-0.3, -0.25) is 10.2 Å². The van der Waals surface area contributed by atoms with Crippen molar-refractivity contribution in [1.29, 1.82) is 0 Å². The molecule has 18 heavy (non-hydrogen) atoms. The standard InChI is InChI=1S/C11H14N4O2S/c1-13-11(16)9(10(12)18)15-14-7-3-5-8(17-2)6-4-7/h3-6,14H,1-2H3,(H2,12,18)(H,13,16)/b15-9+. The van der Waals surface area contributed by atoms with E-state index in [2.05, 4.69) is 15.8 Å². The van der Waals surface area contributed by atoms with Crippen molar-refractivity contribution < 1.29 is 9.53 Å². The molecule has 0 radical (unpaired) electrons. The molecule has 1 amide bonds. The third-order valence-corrected chi connectivity index (χ3v) is 2.26. The molecule has 0 fully saturated rings. The van der Waals surface area contributed by atoms with Gasteiger partial charge in [-0.2, -0.15) is 5.10 Å². The largest absolute Gasteiger partial charge is 0.497 e. The number of methoxy groups -OCH3 is 1. The molecule has 1 aromatic rings. The van der Waals surface area contributed by atoms with Crippen molar-refractivity contribution in [3.63, 3.8) is 0 Å². The molecule has 1 aromatic carbocycles. The molecular formula is C11H14N4O2S. The Kier molecular flexibility index (Phi) is 5.06. The van der Waals surface area contributed by atoms with Gasteiger partial charge < -0.3 is 15.8 Å². The normalized spacial score (nSPS) is 10.7. The maximum Gasteiger partial charge on any atom is 0.274 e. The van der Waals surface area contributed by atoms with Crippen LogP contribution in [0, 0.1) is 0 Å². The number of nitrogens with zero attached hydrogens (tertiary/aromatic N) is 1. The van der Waals surface area contributed by atoms with E-state index in [1.54, 1.807) is 31.4 Å². The van der Waals surface area contributed by atoms with Crippen LogP contribution in [0.2, 0.25) is 0 Å². The molecular weight excluding hydrogens is 252 g/mol. The molecule has 0 spiro atoms.